The van der Waals surface area contributed by atoms with Gasteiger partial charge in [0.2, 0.25) is 0 Å². The fraction of sp³-hybridized carbons (Fsp3) is 0.636. The maximum atomic E-state index is 12.3. The van der Waals surface area contributed by atoms with Crippen molar-refractivity contribution in [1.82, 2.24) is 9.80 Å². The highest BCUT2D eigenvalue weighted by molar-refractivity contribution is 6.30. The molecule has 3 aliphatic rings. The lowest BCUT2D eigenvalue weighted by atomic mass is 9.81. The molecule has 1 aromatic rings. The third-order valence-corrected chi connectivity index (χ3v) is 7.21. The number of piperidine rings is 2. The van der Waals surface area contributed by atoms with E-state index in [1.807, 2.05) is 11.8 Å². The first-order valence-corrected chi connectivity index (χ1v) is 11.0. The van der Waals surface area contributed by atoms with Gasteiger partial charge < -0.3 is 14.7 Å². The zero-order chi connectivity index (χ0) is 20.6. The van der Waals surface area contributed by atoms with Crippen LogP contribution in [-0.4, -0.2) is 65.1 Å². The average molecular weight is 421 g/mol. The molecule has 4 rings (SSSR count). The number of aldehydes is 1. The van der Waals surface area contributed by atoms with Gasteiger partial charge in [-0.3, -0.25) is 9.69 Å². The molecule has 1 amide bonds. The molecule has 2 atom stereocenters. The van der Waals surface area contributed by atoms with E-state index in [0.29, 0.717) is 41.6 Å². The molecule has 0 aromatic heterocycles. The van der Waals surface area contributed by atoms with Crippen molar-refractivity contribution in [2.45, 2.75) is 69.2 Å². The fourth-order valence-electron chi connectivity index (χ4n) is 5.53. The normalized spacial score (nSPS) is 28.9. The van der Waals surface area contributed by atoms with Crippen LogP contribution in [0.15, 0.2) is 18.2 Å². The molecule has 1 aromatic carbocycles. The minimum absolute atomic E-state index is 0.171. The monoisotopic (exact) mass is 420 g/mol. The molecule has 29 heavy (non-hydrogen) atoms. The summed E-state index contributed by atoms with van der Waals surface area (Å²) in [5, 5.41) is 11.8. The van der Waals surface area contributed by atoms with Gasteiger partial charge in [0, 0.05) is 41.8 Å². The highest BCUT2D eigenvalue weighted by atomic mass is 35.5. The van der Waals surface area contributed by atoms with Crippen LogP contribution >= 0.6 is 11.6 Å². The van der Waals surface area contributed by atoms with Gasteiger partial charge in [0.05, 0.1) is 12.2 Å². The molecule has 3 heterocycles. The molecule has 0 saturated carbocycles. The number of nitrogens with zero attached hydrogens (tertiary/aromatic N) is 2. The number of benzene rings is 1. The van der Waals surface area contributed by atoms with E-state index in [4.69, 9.17) is 16.3 Å². The topological polar surface area (TPSA) is 70.1 Å². The summed E-state index contributed by atoms with van der Waals surface area (Å²) in [6, 6.07) is 6.08. The van der Waals surface area contributed by atoms with Crippen molar-refractivity contribution in [2.24, 2.45) is 0 Å². The molecular formula is C22H29ClN2O4. The molecule has 0 radical (unpaired) electrons. The lowest BCUT2D eigenvalue weighted by Crippen LogP contribution is -2.55. The minimum atomic E-state index is -0.998. The van der Waals surface area contributed by atoms with Gasteiger partial charge in [-0.15, -0.1) is 0 Å². The van der Waals surface area contributed by atoms with Gasteiger partial charge in [0.15, 0.2) is 0 Å². The van der Waals surface area contributed by atoms with Crippen LogP contribution in [0.4, 0.5) is 4.79 Å². The van der Waals surface area contributed by atoms with E-state index in [-0.39, 0.29) is 18.2 Å². The van der Waals surface area contributed by atoms with E-state index in [1.165, 1.54) is 0 Å². The number of carbonyl (C=O) groups excluding carboxylic acids is 2. The molecule has 3 fully saturated rings. The van der Waals surface area contributed by atoms with Gasteiger partial charge in [-0.2, -0.15) is 0 Å². The zero-order valence-corrected chi connectivity index (χ0v) is 17.6. The highest BCUT2D eigenvalue weighted by Gasteiger charge is 2.46. The summed E-state index contributed by atoms with van der Waals surface area (Å²) in [6.45, 7) is 3.82. The van der Waals surface area contributed by atoms with E-state index in [0.717, 1.165) is 45.1 Å². The Labute approximate surface area is 176 Å². The Hall–Kier alpha value is -1.63. The van der Waals surface area contributed by atoms with Crippen molar-refractivity contribution in [1.29, 1.82) is 0 Å². The second-order valence-corrected chi connectivity index (χ2v) is 8.97. The third-order valence-electron chi connectivity index (χ3n) is 6.97. The van der Waals surface area contributed by atoms with Crippen molar-refractivity contribution in [3.05, 3.63) is 34.3 Å². The molecule has 7 heteroatoms. The van der Waals surface area contributed by atoms with Crippen LogP contribution in [0.3, 0.4) is 0 Å². The Morgan fingerprint density at radius 3 is 2.48 bits per heavy atom. The Morgan fingerprint density at radius 2 is 1.90 bits per heavy atom. The largest absolute Gasteiger partial charge is 0.450 e. The highest BCUT2D eigenvalue weighted by Crippen LogP contribution is 2.41. The second kappa shape index (κ2) is 8.25. The summed E-state index contributed by atoms with van der Waals surface area (Å²) in [5.74, 6) is 0. The summed E-state index contributed by atoms with van der Waals surface area (Å²) in [5.41, 5.74) is 0.144. The number of rotatable bonds is 4. The van der Waals surface area contributed by atoms with E-state index < -0.39 is 5.60 Å². The van der Waals surface area contributed by atoms with E-state index in [9.17, 15) is 14.7 Å². The van der Waals surface area contributed by atoms with Crippen molar-refractivity contribution in [2.75, 3.05) is 19.7 Å². The maximum Gasteiger partial charge on any atom is 0.410 e. The minimum Gasteiger partial charge on any atom is -0.450 e. The first kappa shape index (κ1) is 20.6. The number of halogens is 1. The fourth-order valence-corrected chi connectivity index (χ4v) is 5.71. The standard InChI is InChI=1S/C22H29ClN2O4/c1-2-29-21(27)25-17-4-5-18(25)13-19(12-17)24-9-7-22(28,8-10-24)20-6-3-16(23)11-15(20)14-26/h3,6,11,14,17-19,28H,2,4-5,7-10,12-13H2,1H3. The zero-order valence-electron chi connectivity index (χ0n) is 16.8. The molecule has 2 bridgehead atoms. The van der Waals surface area contributed by atoms with Crippen LogP contribution in [0.2, 0.25) is 5.02 Å². The van der Waals surface area contributed by atoms with Crippen LogP contribution in [0.5, 0.6) is 0 Å². The van der Waals surface area contributed by atoms with Crippen LogP contribution < -0.4 is 0 Å². The number of amides is 1. The molecule has 158 valence electrons. The van der Waals surface area contributed by atoms with Gasteiger partial charge in [-0.05, 0) is 63.1 Å². The van der Waals surface area contributed by atoms with Crippen molar-refractivity contribution in [3.8, 4) is 0 Å². The van der Waals surface area contributed by atoms with E-state index in [1.54, 1.807) is 18.2 Å². The van der Waals surface area contributed by atoms with Gasteiger partial charge in [-0.1, -0.05) is 17.7 Å². The number of likely N-dealkylation sites (tertiary alicyclic amines) is 1. The third kappa shape index (κ3) is 3.90. The maximum absolute atomic E-state index is 12.3. The van der Waals surface area contributed by atoms with Crippen molar-refractivity contribution < 1.29 is 19.4 Å². The second-order valence-electron chi connectivity index (χ2n) is 8.53. The van der Waals surface area contributed by atoms with E-state index >= 15 is 0 Å². The predicted molar refractivity (Wildman–Crippen MR) is 110 cm³/mol. The molecule has 0 spiro atoms. The molecular weight excluding hydrogens is 392 g/mol. The summed E-state index contributed by atoms with van der Waals surface area (Å²) in [6.07, 6.45) is 5.80. The van der Waals surface area contributed by atoms with Crippen LogP contribution in [0, 0.1) is 0 Å². The quantitative estimate of drug-likeness (QED) is 0.754. The summed E-state index contributed by atoms with van der Waals surface area (Å²) < 4.78 is 5.25. The Balaban J connectivity index is 1.41. The summed E-state index contributed by atoms with van der Waals surface area (Å²) in [4.78, 5) is 28.2. The Kier molecular flexibility index (Phi) is 5.87. The molecule has 3 saturated heterocycles. The van der Waals surface area contributed by atoms with Gasteiger partial charge in [0.1, 0.15) is 6.29 Å². The number of aliphatic hydroxyl groups is 1. The van der Waals surface area contributed by atoms with Crippen LogP contribution in [-0.2, 0) is 10.3 Å². The first-order valence-electron chi connectivity index (χ1n) is 10.6. The summed E-state index contributed by atoms with van der Waals surface area (Å²) >= 11 is 6.01. The van der Waals surface area contributed by atoms with Crippen molar-refractivity contribution >= 4 is 24.0 Å². The first-order chi connectivity index (χ1) is 13.9. The number of ether oxygens (including phenoxy) is 1. The Bertz CT molecular complexity index is 764. The van der Waals surface area contributed by atoms with Gasteiger partial charge >= 0.3 is 6.09 Å². The molecule has 2 unspecified atom stereocenters. The smallest absolute Gasteiger partial charge is 0.410 e. The summed E-state index contributed by atoms with van der Waals surface area (Å²) in [7, 11) is 0. The molecule has 0 aliphatic carbocycles. The number of hydrogen-bond donors (Lipinski definition) is 1. The van der Waals surface area contributed by atoms with Gasteiger partial charge in [-0.25, -0.2) is 4.79 Å². The molecule has 1 N–H and O–H groups in total. The number of fused-ring (bicyclic) bond motifs is 2. The average Bonchev–Trinajstić information content (AvgIpc) is 2.98. The van der Waals surface area contributed by atoms with Gasteiger partial charge in [0.25, 0.3) is 0 Å². The lowest BCUT2D eigenvalue weighted by Gasteiger charge is -2.46. The SMILES string of the molecule is CCOC(=O)N1C2CCC1CC(N1CCC(O)(c3ccc(Cl)cc3C=O)CC1)C2. The van der Waals surface area contributed by atoms with Crippen molar-refractivity contribution in [3.63, 3.8) is 0 Å². The predicted octanol–water partition coefficient (Wildman–Crippen LogP) is 3.59. The van der Waals surface area contributed by atoms with Crippen LogP contribution in [0.1, 0.15) is 61.4 Å². The Morgan fingerprint density at radius 1 is 1.24 bits per heavy atom. The van der Waals surface area contributed by atoms with Crippen LogP contribution in [0.25, 0.3) is 0 Å². The molecule has 3 aliphatic heterocycles. The number of carbonyl (C=O) groups is 2. The molecule has 6 nitrogen and oxygen atoms in total. The lowest BCUT2D eigenvalue weighted by molar-refractivity contribution is -0.0468. The van der Waals surface area contributed by atoms with E-state index in [2.05, 4.69) is 4.90 Å². The number of hydrogen-bond acceptors (Lipinski definition) is 5.